The van der Waals surface area contributed by atoms with Crippen molar-refractivity contribution in [3.63, 3.8) is 0 Å². The van der Waals surface area contributed by atoms with Gasteiger partial charge in [0.2, 0.25) is 5.95 Å². The van der Waals surface area contributed by atoms with Crippen molar-refractivity contribution in [2.45, 2.75) is 19.8 Å². The van der Waals surface area contributed by atoms with Crippen LogP contribution in [-0.2, 0) is 0 Å². The van der Waals surface area contributed by atoms with E-state index in [2.05, 4.69) is 56.6 Å². The van der Waals surface area contributed by atoms with Crippen LogP contribution < -0.4 is 10.2 Å². The van der Waals surface area contributed by atoms with E-state index in [1.807, 2.05) is 7.05 Å². The summed E-state index contributed by atoms with van der Waals surface area (Å²) in [5.74, 6) is 2.46. The Morgan fingerprint density at radius 2 is 2.14 bits per heavy atom. The van der Waals surface area contributed by atoms with Gasteiger partial charge in [-0.05, 0) is 45.3 Å². The molecule has 21 heavy (non-hydrogen) atoms. The van der Waals surface area contributed by atoms with Crippen LogP contribution in [0.3, 0.4) is 0 Å². The Labute approximate surface area is 125 Å². The summed E-state index contributed by atoms with van der Waals surface area (Å²) in [5.41, 5.74) is 2.33. The van der Waals surface area contributed by atoms with Gasteiger partial charge in [-0.2, -0.15) is 4.98 Å². The Balaban J connectivity index is 1.68. The molecular weight excluding hydrogens is 262 g/mol. The van der Waals surface area contributed by atoms with Crippen molar-refractivity contribution >= 4 is 5.95 Å². The Kier molecular flexibility index (Phi) is 4.20. The summed E-state index contributed by atoms with van der Waals surface area (Å²) < 4.78 is 0. The highest BCUT2D eigenvalue weighted by atomic mass is 15.4. The van der Waals surface area contributed by atoms with Gasteiger partial charge in [-0.15, -0.1) is 5.10 Å². The van der Waals surface area contributed by atoms with Crippen molar-refractivity contribution in [1.29, 1.82) is 0 Å². The van der Waals surface area contributed by atoms with E-state index in [1.165, 1.54) is 18.4 Å². The third-order valence-corrected chi connectivity index (χ3v) is 4.16. The van der Waals surface area contributed by atoms with Crippen molar-refractivity contribution in [3.8, 4) is 11.4 Å². The minimum Gasteiger partial charge on any atom is -0.340 e. The summed E-state index contributed by atoms with van der Waals surface area (Å²) in [6, 6.07) is 8.34. The second-order valence-electron chi connectivity index (χ2n) is 5.84. The first kappa shape index (κ1) is 14.1. The lowest BCUT2D eigenvalue weighted by atomic mass is 9.97. The molecule has 2 N–H and O–H groups in total. The molecule has 5 nitrogen and oxygen atoms in total. The van der Waals surface area contributed by atoms with Gasteiger partial charge in [0, 0.05) is 18.7 Å². The number of hydrogen-bond acceptors (Lipinski definition) is 4. The van der Waals surface area contributed by atoms with Gasteiger partial charge < -0.3 is 10.2 Å². The van der Waals surface area contributed by atoms with E-state index >= 15 is 0 Å². The van der Waals surface area contributed by atoms with Gasteiger partial charge in [-0.3, -0.25) is 5.10 Å². The summed E-state index contributed by atoms with van der Waals surface area (Å²) >= 11 is 0. The molecule has 1 fully saturated rings. The van der Waals surface area contributed by atoms with Crippen LogP contribution in [0.5, 0.6) is 0 Å². The number of benzene rings is 1. The fourth-order valence-electron chi connectivity index (χ4n) is 2.94. The zero-order valence-electron chi connectivity index (χ0n) is 12.8. The fraction of sp³-hybridized carbons (Fsp3) is 0.500. The van der Waals surface area contributed by atoms with Crippen LogP contribution in [0.25, 0.3) is 11.4 Å². The maximum absolute atomic E-state index is 4.66. The molecule has 1 aliphatic rings. The number of H-pyrrole nitrogens is 1. The third-order valence-electron chi connectivity index (χ3n) is 4.16. The number of nitrogens with zero attached hydrogens (tertiary/aromatic N) is 3. The smallest absolute Gasteiger partial charge is 0.245 e. The van der Waals surface area contributed by atoms with E-state index in [0.29, 0.717) is 0 Å². The lowest BCUT2D eigenvalue weighted by Gasteiger charge is -2.30. The molecule has 0 amide bonds. The Morgan fingerprint density at radius 1 is 1.33 bits per heavy atom. The second kappa shape index (κ2) is 6.26. The van der Waals surface area contributed by atoms with Crippen LogP contribution in [-0.4, -0.2) is 41.9 Å². The first-order valence-corrected chi connectivity index (χ1v) is 7.65. The largest absolute Gasteiger partial charge is 0.340 e. The number of aromatic nitrogens is 3. The highest BCUT2D eigenvalue weighted by molar-refractivity contribution is 5.57. The van der Waals surface area contributed by atoms with Crippen molar-refractivity contribution in [3.05, 3.63) is 29.8 Å². The standard InChI is InChI=1S/C16H23N5/c1-12-4-3-5-14(10-12)15-18-16(20-19-15)21-8-6-13(7-9-21)11-17-2/h3-5,10,13,17H,6-9,11H2,1-2H3,(H,18,19,20). The van der Waals surface area contributed by atoms with E-state index in [4.69, 9.17) is 0 Å². The molecule has 0 radical (unpaired) electrons. The van der Waals surface area contributed by atoms with Crippen LogP contribution in [0, 0.1) is 12.8 Å². The molecule has 2 aromatic rings. The monoisotopic (exact) mass is 285 g/mol. The molecule has 0 saturated carbocycles. The highest BCUT2D eigenvalue weighted by Crippen LogP contribution is 2.23. The van der Waals surface area contributed by atoms with Gasteiger partial charge in [0.15, 0.2) is 5.82 Å². The van der Waals surface area contributed by atoms with Crippen molar-refractivity contribution < 1.29 is 0 Å². The van der Waals surface area contributed by atoms with E-state index in [9.17, 15) is 0 Å². The molecule has 5 heteroatoms. The van der Waals surface area contributed by atoms with E-state index < -0.39 is 0 Å². The molecule has 0 aliphatic carbocycles. The van der Waals surface area contributed by atoms with Gasteiger partial charge in [0.05, 0.1) is 0 Å². The first-order chi connectivity index (χ1) is 10.3. The summed E-state index contributed by atoms with van der Waals surface area (Å²) in [6.45, 7) is 5.28. The fourth-order valence-corrected chi connectivity index (χ4v) is 2.94. The molecule has 0 atom stereocenters. The molecule has 112 valence electrons. The van der Waals surface area contributed by atoms with Crippen LogP contribution in [0.2, 0.25) is 0 Å². The molecule has 0 spiro atoms. The number of anilines is 1. The van der Waals surface area contributed by atoms with E-state index in [1.54, 1.807) is 0 Å². The number of aromatic amines is 1. The zero-order chi connectivity index (χ0) is 14.7. The van der Waals surface area contributed by atoms with Crippen molar-refractivity contribution in [2.24, 2.45) is 5.92 Å². The number of piperidine rings is 1. The minimum atomic E-state index is 0.779. The molecule has 2 heterocycles. The molecule has 0 bridgehead atoms. The molecule has 1 aromatic carbocycles. The average molecular weight is 285 g/mol. The quantitative estimate of drug-likeness (QED) is 0.904. The second-order valence-corrected chi connectivity index (χ2v) is 5.84. The molecule has 1 aromatic heterocycles. The van der Waals surface area contributed by atoms with Crippen LogP contribution >= 0.6 is 0 Å². The predicted molar refractivity (Wildman–Crippen MR) is 85.4 cm³/mol. The molecule has 1 saturated heterocycles. The Bertz CT molecular complexity index is 584. The Hall–Kier alpha value is -1.88. The Morgan fingerprint density at radius 3 is 2.86 bits per heavy atom. The topological polar surface area (TPSA) is 56.8 Å². The van der Waals surface area contributed by atoms with Crippen LogP contribution in [0.1, 0.15) is 18.4 Å². The normalized spacial score (nSPS) is 16.4. The van der Waals surface area contributed by atoms with Gasteiger partial charge in [-0.1, -0.05) is 23.8 Å². The first-order valence-electron chi connectivity index (χ1n) is 7.65. The number of aryl methyl sites for hydroxylation is 1. The number of nitrogens with one attached hydrogen (secondary N) is 2. The third kappa shape index (κ3) is 3.24. The highest BCUT2D eigenvalue weighted by Gasteiger charge is 2.21. The zero-order valence-corrected chi connectivity index (χ0v) is 12.8. The minimum absolute atomic E-state index is 0.779. The number of rotatable bonds is 4. The maximum atomic E-state index is 4.66. The molecule has 1 aliphatic heterocycles. The SMILES string of the molecule is CNCC1CCN(c2n[nH]c(-c3cccc(C)c3)n2)CC1. The lowest BCUT2D eigenvalue weighted by Crippen LogP contribution is -2.37. The van der Waals surface area contributed by atoms with Gasteiger partial charge in [-0.25, -0.2) is 0 Å². The van der Waals surface area contributed by atoms with Gasteiger partial charge in [0.25, 0.3) is 0 Å². The van der Waals surface area contributed by atoms with Gasteiger partial charge >= 0.3 is 0 Å². The van der Waals surface area contributed by atoms with Crippen LogP contribution in [0.4, 0.5) is 5.95 Å². The lowest BCUT2D eigenvalue weighted by molar-refractivity contribution is 0.391. The van der Waals surface area contributed by atoms with E-state index in [0.717, 1.165) is 42.9 Å². The van der Waals surface area contributed by atoms with Crippen molar-refractivity contribution in [1.82, 2.24) is 20.5 Å². The summed E-state index contributed by atoms with van der Waals surface area (Å²) in [6.07, 6.45) is 2.41. The van der Waals surface area contributed by atoms with Gasteiger partial charge in [0.1, 0.15) is 0 Å². The predicted octanol–water partition coefficient (Wildman–Crippen LogP) is 2.22. The molecule has 3 rings (SSSR count). The summed E-state index contributed by atoms with van der Waals surface area (Å²) in [4.78, 5) is 6.94. The van der Waals surface area contributed by atoms with Crippen LogP contribution in [0.15, 0.2) is 24.3 Å². The summed E-state index contributed by atoms with van der Waals surface area (Å²) in [5, 5.41) is 10.7. The van der Waals surface area contributed by atoms with E-state index in [-0.39, 0.29) is 0 Å². The maximum Gasteiger partial charge on any atom is 0.245 e. The van der Waals surface area contributed by atoms with Crippen molar-refractivity contribution in [2.75, 3.05) is 31.6 Å². The molecule has 0 unspecified atom stereocenters. The molecular formula is C16H23N5. The number of hydrogen-bond donors (Lipinski definition) is 2. The summed E-state index contributed by atoms with van der Waals surface area (Å²) in [7, 11) is 2.02. The average Bonchev–Trinajstić information content (AvgIpc) is 2.98.